The lowest BCUT2D eigenvalue weighted by Gasteiger charge is -2.12. The Labute approximate surface area is 183 Å². The monoisotopic (exact) mass is 470 g/mol. The van der Waals surface area contributed by atoms with Gasteiger partial charge in [-0.2, -0.15) is 4.98 Å². The van der Waals surface area contributed by atoms with E-state index in [1.807, 2.05) is 39.0 Å². The summed E-state index contributed by atoms with van der Waals surface area (Å²) in [5.74, 6) is 0.671. The minimum Gasteiger partial charge on any atom is -0.352 e. The van der Waals surface area contributed by atoms with Crippen molar-refractivity contribution in [2.24, 2.45) is 0 Å². The summed E-state index contributed by atoms with van der Waals surface area (Å²) in [5.41, 5.74) is 2.71. The lowest BCUT2D eigenvalue weighted by molar-refractivity contribution is -0.116. The van der Waals surface area contributed by atoms with Gasteiger partial charge in [-0.15, -0.1) is 0 Å². The van der Waals surface area contributed by atoms with Crippen LogP contribution in [-0.4, -0.2) is 28.5 Å². The van der Waals surface area contributed by atoms with E-state index in [1.165, 1.54) is 0 Å². The molecule has 8 heteroatoms. The van der Waals surface area contributed by atoms with Crippen molar-refractivity contribution in [1.82, 2.24) is 15.5 Å². The third-order valence-corrected chi connectivity index (χ3v) is 5.00. The molecule has 1 aromatic heterocycles. The number of carbonyl (C=O) groups is 2. The summed E-state index contributed by atoms with van der Waals surface area (Å²) in [6.07, 6.45) is 0.136. The Hall–Kier alpha value is -3.00. The molecular formula is C22H23BrN4O3. The van der Waals surface area contributed by atoms with Gasteiger partial charge in [0.15, 0.2) is 5.82 Å². The van der Waals surface area contributed by atoms with Crippen LogP contribution in [-0.2, 0) is 4.79 Å². The molecule has 3 aromatic rings. The highest BCUT2D eigenvalue weighted by Crippen LogP contribution is 2.30. The van der Waals surface area contributed by atoms with E-state index in [-0.39, 0.29) is 30.7 Å². The largest absolute Gasteiger partial charge is 0.352 e. The van der Waals surface area contributed by atoms with Gasteiger partial charge in [0.1, 0.15) is 0 Å². The van der Waals surface area contributed by atoms with E-state index in [0.717, 1.165) is 10.0 Å². The molecule has 2 amide bonds. The first-order valence-corrected chi connectivity index (χ1v) is 10.4. The van der Waals surface area contributed by atoms with Crippen LogP contribution < -0.4 is 10.6 Å². The summed E-state index contributed by atoms with van der Waals surface area (Å²) in [5, 5.41) is 9.66. The number of benzene rings is 2. The van der Waals surface area contributed by atoms with E-state index >= 15 is 0 Å². The molecule has 3 rings (SSSR count). The topological polar surface area (TPSA) is 97.1 Å². The molecule has 0 saturated carbocycles. The number of amides is 2. The van der Waals surface area contributed by atoms with Gasteiger partial charge in [-0.3, -0.25) is 9.59 Å². The fraction of sp³-hybridized carbons (Fsp3) is 0.273. The standard InChI is InChI=1S/C22H23BrN4O3/c1-13(2)20-26-22(30-27-20)17-6-4-5-14(3)19(17)25-18(28)11-12-24-21(29)15-7-9-16(23)10-8-15/h4-10,13H,11-12H2,1-3H3,(H,24,29)(H,25,28). The molecule has 1 heterocycles. The Kier molecular flexibility index (Phi) is 6.99. The number of hydrogen-bond donors (Lipinski definition) is 2. The van der Waals surface area contributed by atoms with Crippen molar-refractivity contribution >= 4 is 33.4 Å². The highest BCUT2D eigenvalue weighted by Gasteiger charge is 2.17. The number of aromatic nitrogens is 2. The SMILES string of the molecule is Cc1cccc(-c2nc(C(C)C)no2)c1NC(=O)CCNC(=O)c1ccc(Br)cc1. The predicted molar refractivity (Wildman–Crippen MR) is 118 cm³/mol. The molecule has 0 bridgehead atoms. The van der Waals surface area contributed by atoms with Crippen LogP contribution in [0.25, 0.3) is 11.5 Å². The highest BCUT2D eigenvalue weighted by molar-refractivity contribution is 9.10. The minimum atomic E-state index is -0.223. The Bertz CT molecular complexity index is 1040. The quantitative estimate of drug-likeness (QED) is 0.521. The second-order valence-electron chi connectivity index (χ2n) is 7.17. The van der Waals surface area contributed by atoms with Crippen molar-refractivity contribution in [3.8, 4) is 11.5 Å². The Balaban J connectivity index is 1.63. The number of anilines is 1. The number of nitrogens with one attached hydrogen (secondary N) is 2. The van der Waals surface area contributed by atoms with Crippen molar-refractivity contribution < 1.29 is 14.1 Å². The maximum absolute atomic E-state index is 12.5. The molecule has 2 N–H and O–H groups in total. The molecule has 0 unspecified atom stereocenters. The number of aryl methyl sites for hydroxylation is 1. The van der Waals surface area contributed by atoms with Crippen molar-refractivity contribution in [2.45, 2.75) is 33.1 Å². The smallest absolute Gasteiger partial charge is 0.260 e. The molecule has 2 aromatic carbocycles. The Morgan fingerprint density at radius 2 is 1.87 bits per heavy atom. The lowest BCUT2D eigenvalue weighted by Crippen LogP contribution is -2.27. The number of hydrogen-bond acceptors (Lipinski definition) is 5. The first-order valence-electron chi connectivity index (χ1n) is 9.62. The van der Waals surface area contributed by atoms with Crippen LogP contribution in [0.2, 0.25) is 0 Å². The summed E-state index contributed by atoms with van der Waals surface area (Å²) in [6.45, 7) is 6.08. The fourth-order valence-corrected chi connectivity index (χ4v) is 3.05. The molecule has 0 aliphatic heterocycles. The number of carbonyl (C=O) groups excluding carboxylic acids is 2. The highest BCUT2D eigenvalue weighted by atomic mass is 79.9. The van der Waals surface area contributed by atoms with Crippen molar-refractivity contribution in [3.05, 3.63) is 63.9 Å². The fourth-order valence-electron chi connectivity index (χ4n) is 2.79. The third-order valence-electron chi connectivity index (χ3n) is 4.47. The van der Waals surface area contributed by atoms with Crippen LogP contribution in [0.4, 0.5) is 5.69 Å². The molecule has 0 spiro atoms. The van der Waals surface area contributed by atoms with Crippen LogP contribution >= 0.6 is 15.9 Å². The van der Waals surface area contributed by atoms with E-state index in [9.17, 15) is 9.59 Å². The second-order valence-corrected chi connectivity index (χ2v) is 8.09. The molecule has 0 aliphatic rings. The van der Waals surface area contributed by atoms with Gasteiger partial charge in [-0.1, -0.05) is 47.1 Å². The maximum Gasteiger partial charge on any atom is 0.260 e. The first-order chi connectivity index (χ1) is 14.3. The molecule has 7 nitrogen and oxygen atoms in total. The Morgan fingerprint density at radius 3 is 2.53 bits per heavy atom. The summed E-state index contributed by atoms with van der Waals surface area (Å²) in [4.78, 5) is 29.1. The van der Waals surface area contributed by atoms with Crippen LogP contribution in [0, 0.1) is 6.92 Å². The normalized spacial score (nSPS) is 10.8. The number of halogens is 1. The summed E-state index contributed by atoms with van der Waals surface area (Å²) < 4.78 is 6.28. The van der Waals surface area contributed by atoms with Crippen molar-refractivity contribution in [2.75, 3.05) is 11.9 Å². The Morgan fingerprint density at radius 1 is 1.13 bits per heavy atom. The average Bonchev–Trinajstić information content (AvgIpc) is 3.20. The van der Waals surface area contributed by atoms with Gasteiger partial charge in [-0.05, 0) is 42.8 Å². The van der Waals surface area contributed by atoms with E-state index in [0.29, 0.717) is 28.5 Å². The third kappa shape index (κ3) is 5.33. The first kappa shape index (κ1) is 21.7. The molecule has 0 radical (unpaired) electrons. The van der Waals surface area contributed by atoms with Gasteiger partial charge in [0.25, 0.3) is 11.8 Å². The zero-order chi connectivity index (χ0) is 21.7. The van der Waals surface area contributed by atoms with E-state index in [2.05, 4.69) is 36.7 Å². The van der Waals surface area contributed by atoms with Crippen LogP contribution in [0.5, 0.6) is 0 Å². The zero-order valence-corrected chi connectivity index (χ0v) is 18.6. The van der Waals surface area contributed by atoms with Gasteiger partial charge in [0.05, 0.1) is 11.3 Å². The molecular weight excluding hydrogens is 448 g/mol. The lowest BCUT2D eigenvalue weighted by atomic mass is 10.1. The molecule has 30 heavy (non-hydrogen) atoms. The van der Waals surface area contributed by atoms with Crippen molar-refractivity contribution in [1.29, 1.82) is 0 Å². The molecule has 0 saturated heterocycles. The predicted octanol–water partition coefficient (Wildman–Crippen LogP) is 4.69. The summed E-state index contributed by atoms with van der Waals surface area (Å²) in [7, 11) is 0. The van der Waals surface area contributed by atoms with Gasteiger partial charge < -0.3 is 15.2 Å². The van der Waals surface area contributed by atoms with Gasteiger partial charge in [-0.25, -0.2) is 0 Å². The molecule has 0 aliphatic carbocycles. The molecule has 0 atom stereocenters. The van der Waals surface area contributed by atoms with E-state index < -0.39 is 0 Å². The second kappa shape index (κ2) is 9.67. The van der Waals surface area contributed by atoms with Crippen LogP contribution in [0.1, 0.15) is 47.9 Å². The minimum absolute atomic E-state index is 0.136. The van der Waals surface area contributed by atoms with E-state index in [4.69, 9.17) is 4.52 Å². The number of para-hydroxylation sites is 1. The average molecular weight is 471 g/mol. The van der Waals surface area contributed by atoms with Gasteiger partial charge in [0.2, 0.25) is 5.91 Å². The van der Waals surface area contributed by atoms with Gasteiger partial charge in [0, 0.05) is 28.9 Å². The number of rotatable bonds is 7. The van der Waals surface area contributed by atoms with Gasteiger partial charge >= 0.3 is 0 Å². The number of nitrogens with zero attached hydrogens (tertiary/aromatic N) is 2. The molecule has 156 valence electrons. The van der Waals surface area contributed by atoms with Crippen LogP contribution in [0.3, 0.4) is 0 Å². The zero-order valence-electron chi connectivity index (χ0n) is 17.0. The van der Waals surface area contributed by atoms with Crippen LogP contribution in [0.15, 0.2) is 51.5 Å². The summed E-state index contributed by atoms with van der Waals surface area (Å²) >= 11 is 3.33. The van der Waals surface area contributed by atoms with E-state index in [1.54, 1.807) is 24.3 Å². The molecule has 0 fully saturated rings. The summed E-state index contributed by atoms with van der Waals surface area (Å²) in [6, 6.07) is 12.6. The van der Waals surface area contributed by atoms with Crippen molar-refractivity contribution in [3.63, 3.8) is 0 Å². The maximum atomic E-state index is 12.5.